The van der Waals surface area contributed by atoms with E-state index in [9.17, 15) is 4.79 Å². The average Bonchev–Trinajstić information content (AvgIpc) is 2.49. The number of hydrogen-bond donors (Lipinski definition) is 1. The Labute approximate surface area is 137 Å². The van der Waals surface area contributed by atoms with Gasteiger partial charge in [-0.1, -0.05) is 0 Å². The molecule has 128 valence electrons. The van der Waals surface area contributed by atoms with Crippen molar-refractivity contribution >= 4 is 5.82 Å². The molecule has 6 heteroatoms. The molecule has 0 unspecified atom stereocenters. The summed E-state index contributed by atoms with van der Waals surface area (Å²) >= 11 is 0. The summed E-state index contributed by atoms with van der Waals surface area (Å²) in [4.78, 5) is 18.7. The Hall–Kier alpha value is -1.40. The first-order valence-corrected chi connectivity index (χ1v) is 8.71. The van der Waals surface area contributed by atoms with Crippen LogP contribution in [0.25, 0.3) is 0 Å². The van der Waals surface area contributed by atoms with Crippen molar-refractivity contribution in [3.05, 3.63) is 22.7 Å². The molecule has 2 saturated heterocycles. The molecule has 23 heavy (non-hydrogen) atoms. The maximum Gasteiger partial charge on any atom is 0.293 e. The molecule has 0 bridgehead atoms. The first kappa shape index (κ1) is 16.5. The summed E-state index contributed by atoms with van der Waals surface area (Å²) in [5.74, 6) is 0.579. The van der Waals surface area contributed by atoms with Crippen molar-refractivity contribution in [2.75, 3.05) is 18.0 Å². The molecule has 0 aliphatic carbocycles. The molecule has 1 aromatic heterocycles. The summed E-state index contributed by atoms with van der Waals surface area (Å²) in [6.45, 7) is 6.06. The molecule has 2 aliphatic rings. The Bertz CT molecular complexity index is 578. The zero-order chi connectivity index (χ0) is 16.4. The number of nitrogens with one attached hydrogen (secondary N) is 1. The molecule has 1 N–H and O–H groups in total. The lowest BCUT2D eigenvalue weighted by atomic mass is 9.97. The Kier molecular flexibility index (Phi) is 5.02. The highest BCUT2D eigenvalue weighted by Gasteiger charge is 2.29. The van der Waals surface area contributed by atoms with Gasteiger partial charge in [-0.15, -0.1) is 0 Å². The second-order valence-corrected chi connectivity index (χ2v) is 7.04. The van der Waals surface area contributed by atoms with Crippen LogP contribution >= 0.6 is 0 Å². The fraction of sp³-hybridized carbons (Fsp3) is 0.765. The van der Waals surface area contributed by atoms with Crippen LogP contribution in [0.1, 0.15) is 39.5 Å². The molecule has 0 aromatic carbocycles. The van der Waals surface area contributed by atoms with E-state index in [-0.39, 0.29) is 5.56 Å². The smallest absolute Gasteiger partial charge is 0.293 e. The van der Waals surface area contributed by atoms with E-state index in [2.05, 4.69) is 29.0 Å². The molecule has 0 saturated carbocycles. The minimum absolute atomic E-state index is 0.0125. The number of piperidine rings is 1. The van der Waals surface area contributed by atoms with Crippen LogP contribution in [0.15, 0.2) is 17.2 Å². The fourth-order valence-electron chi connectivity index (χ4n) is 3.88. The van der Waals surface area contributed by atoms with Crippen LogP contribution in [-0.4, -0.2) is 46.9 Å². The normalized spacial score (nSPS) is 32.0. The quantitative estimate of drug-likeness (QED) is 0.909. The van der Waals surface area contributed by atoms with Crippen LogP contribution in [0.3, 0.4) is 0 Å². The highest BCUT2D eigenvalue weighted by molar-refractivity contribution is 5.36. The van der Waals surface area contributed by atoms with E-state index in [0.717, 1.165) is 38.8 Å². The Morgan fingerprint density at radius 2 is 2.00 bits per heavy atom. The largest absolute Gasteiger partial charge is 0.375 e. The van der Waals surface area contributed by atoms with Crippen molar-refractivity contribution < 1.29 is 4.74 Å². The molecule has 2 aliphatic heterocycles. The van der Waals surface area contributed by atoms with E-state index in [1.807, 2.05) is 0 Å². The lowest BCUT2D eigenvalue weighted by Crippen LogP contribution is -2.53. The third kappa shape index (κ3) is 3.93. The van der Waals surface area contributed by atoms with Gasteiger partial charge in [-0.25, -0.2) is 4.98 Å². The standard InChI is InChI=1S/C17H28N4O2/c1-12-9-15(10-13(2)23-12)19-14-5-4-7-21(11-14)16-17(22)20(3)8-6-18-16/h6,8,12-15,19H,4-5,7,9-11H2,1-3H3/t12-,13-,14+/m1/s1. The summed E-state index contributed by atoms with van der Waals surface area (Å²) < 4.78 is 7.42. The third-order valence-corrected chi connectivity index (χ3v) is 4.89. The minimum atomic E-state index is -0.0125. The second-order valence-electron chi connectivity index (χ2n) is 7.04. The third-order valence-electron chi connectivity index (χ3n) is 4.89. The number of anilines is 1. The summed E-state index contributed by atoms with van der Waals surface area (Å²) in [6.07, 6.45) is 8.41. The predicted octanol–water partition coefficient (Wildman–Crippen LogP) is 1.29. The summed E-state index contributed by atoms with van der Waals surface area (Å²) in [6, 6.07) is 0.920. The number of nitrogens with zero attached hydrogens (tertiary/aromatic N) is 3. The lowest BCUT2D eigenvalue weighted by Gasteiger charge is -2.39. The zero-order valence-corrected chi connectivity index (χ0v) is 14.4. The molecular weight excluding hydrogens is 292 g/mol. The highest BCUT2D eigenvalue weighted by atomic mass is 16.5. The summed E-state index contributed by atoms with van der Waals surface area (Å²) in [5.41, 5.74) is -0.0125. The number of rotatable bonds is 3. The molecule has 3 heterocycles. The topological polar surface area (TPSA) is 59.4 Å². The van der Waals surface area contributed by atoms with Crippen LogP contribution in [-0.2, 0) is 11.8 Å². The van der Waals surface area contributed by atoms with E-state index >= 15 is 0 Å². The van der Waals surface area contributed by atoms with Gasteiger partial charge in [-0.3, -0.25) is 4.79 Å². The van der Waals surface area contributed by atoms with Crippen molar-refractivity contribution in [2.24, 2.45) is 7.05 Å². The van der Waals surface area contributed by atoms with Crippen molar-refractivity contribution in [2.45, 2.75) is 63.8 Å². The van der Waals surface area contributed by atoms with E-state index < -0.39 is 0 Å². The van der Waals surface area contributed by atoms with Crippen molar-refractivity contribution in [1.82, 2.24) is 14.9 Å². The van der Waals surface area contributed by atoms with Crippen molar-refractivity contribution in [1.29, 1.82) is 0 Å². The molecule has 0 spiro atoms. The first-order chi connectivity index (χ1) is 11.0. The number of hydrogen-bond acceptors (Lipinski definition) is 5. The molecule has 0 radical (unpaired) electrons. The van der Waals surface area contributed by atoms with Gasteiger partial charge in [0.1, 0.15) is 0 Å². The van der Waals surface area contributed by atoms with Crippen molar-refractivity contribution in [3.63, 3.8) is 0 Å². The molecular formula is C17H28N4O2. The minimum Gasteiger partial charge on any atom is -0.375 e. The highest BCUT2D eigenvalue weighted by Crippen LogP contribution is 2.21. The van der Waals surface area contributed by atoms with Gasteiger partial charge >= 0.3 is 0 Å². The number of aryl methyl sites for hydroxylation is 1. The van der Waals surface area contributed by atoms with E-state index in [1.54, 1.807) is 24.0 Å². The molecule has 6 nitrogen and oxygen atoms in total. The van der Waals surface area contributed by atoms with Gasteiger partial charge in [-0.2, -0.15) is 0 Å². The SMILES string of the molecule is C[C@@H]1CC(N[C@H]2CCCN(c3nccn(C)c3=O)C2)C[C@@H](C)O1. The van der Waals surface area contributed by atoms with Gasteiger partial charge < -0.3 is 19.5 Å². The second kappa shape index (κ2) is 7.01. The van der Waals surface area contributed by atoms with Gasteiger partial charge in [0, 0.05) is 44.6 Å². The molecule has 3 rings (SSSR count). The summed E-state index contributed by atoms with van der Waals surface area (Å²) in [5, 5.41) is 3.79. The van der Waals surface area contributed by atoms with Crippen LogP contribution in [0, 0.1) is 0 Å². The van der Waals surface area contributed by atoms with Gasteiger partial charge in [0.2, 0.25) is 0 Å². The monoisotopic (exact) mass is 320 g/mol. The zero-order valence-electron chi connectivity index (χ0n) is 14.4. The molecule has 2 fully saturated rings. The number of ether oxygens (including phenoxy) is 1. The predicted molar refractivity (Wildman–Crippen MR) is 90.9 cm³/mol. The van der Waals surface area contributed by atoms with Crippen LogP contribution in [0.2, 0.25) is 0 Å². The van der Waals surface area contributed by atoms with E-state index in [0.29, 0.717) is 30.1 Å². The molecule has 0 amide bonds. The fourth-order valence-corrected chi connectivity index (χ4v) is 3.88. The Balaban J connectivity index is 1.64. The average molecular weight is 320 g/mol. The Morgan fingerprint density at radius 3 is 2.74 bits per heavy atom. The van der Waals surface area contributed by atoms with Gasteiger partial charge in [0.25, 0.3) is 5.56 Å². The van der Waals surface area contributed by atoms with Crippen molar-refractivity contribution in [3.8, 4) is 0 Å². The first-order valence-electron chi connectivity index (χ1n) is 8.71. The van der Waals surface area contributed by atoms with Gasteiger partial charge in [-0.05, 0) is 39.5 Å². The number of aromatic nitrogens is 2. The Morgan fingerprint density at radius 1 is 1.26 bits per heavy atom. The van der Waals surface area contributed by atoms with Crippen LogP contribution in [0.4, 0.5) is 5.82 Å². The van der Waals surface area contributed by atoms with E-state index in [1.165, 1.54) is 0 Å². The maximum absolute atomic E-state index is 12.3. The van der Waals surface area contributed by atoms with Gasteiger partial charge in [0.15, 0.2) is 5.82 Å². The van der Waals surface area contributed by atoms with Crippen LogP contribution < -0.4 is 15.8 Å². The lowest BCUT2D eigenvalue weighted by molar-refractivity contribution is -0.0437. The van der Waals surface area contributed by atoms with Gasteiger partial charge in [0.05, 0.1) is 12.2 Å². The molecule has 3 atom stereocenters. The molecule has 1 aromatic rings. The summed E-state index contributed by atoms with van der Waals surface area (Å²) in [7, 11) is 1.78. The van der Waals surface area contributed by atoms with E-state index in [4.69, 9.17) is 4.74 Å². The maximum atomic E-state index is 12.3. The van der Waals surface area contributed by atoms with Crippen LogP contribution in [0.5, 0.6) is 0 Å².